The van der Waals surface area contributed by atoms with Gasteiger partial charge in [-0.15, -0.1) is 0 Å². The molecule has 1 aliphatic heterocycles. The lowest BCUT2D eigenvalue weighted by Crippen LogP contribution is -2.41. The maximum atomic E-state index is 5.60. The van der Waals surface area contributed by atoms with Gasteiger partial charge < -0.3 is 9.64 Å². The van der Waals surface area contributed by atoms with Crippen LogP contribution in [0.1, 0.15) is 32.1 Å². The van der Waals surface area contributed by atoms with Gasteiger partial charge in [-0.25, -0.2) is 0 Å². The van der Waals surface area contributed by atoms with Gasteiger partial charge in [-0.2, -0.15) is 0 Å². The highest BCUT2D eigenvalue weighted by atomic mass is 16.5. The second-order valence-electron chi connectivity index (χ2n) is 4.16. The minimum absolute atomic E-state index is 0.538. The Hall–Kier alpha value is -0.0800. The first-order chi connectivity index (χ1) is 5.86. The molecule has 2 heteroatoms. The third kappa shape index (κ3) is 1.80. The van der Waals surface area contributed by atoms with E-state index in [2.05, 4.69) is 11.9 Å². The van der Waals surface area contributed by atoms with E-state index >= 15 is 0 Å². The van der Waals surface area contributed by atoms with Crippen LogP contribution in [0.3, 0.4) is 0 Å². The maximum absolute atomic E-state index is 5.60. The van der Waals surface area contributed by atoms with Crippen LogP contribution in [-0.4, -0.2) is 37.2 Å². The van der Waals surface area contributed by atoms with Crippen molar-refractivity contribution >= 4 is 0 Å². The van der Waals surface area contributed by atoms with Crippen molar-refractivity contribution in [2.45, 2.75) is 44.2 Å². The third-order valence-corrected chi connectivity index (χ3v) is 3.21. The highest BCUT2D eigenvalue weighted by molar-refractivity contribution is 4.80. The predicted molar refractivity (Wildman–Crippen MR) is 49.2 cm³/mol. The Labute approximate surface area is 74.9 Å². The van der Waals surface area contributed by atoms with E-state index in [0.29, 0.717) is 6.10 Å². The molecule has 0 spiro atoms. The van der Waals surface area contributed by atoms with Gasteiger partial charge >= 0.3 is 0 Å². The third-order valence-electron chi connectivity index (χ3n) is 3.21. The fraction of sp³-hybridized carbons (Fsp3) is 1.00. The Morgan fingerprint density at radius 2 is 2.08 bits per heavy atom. The van der Waals surface area contributed by atoms with Crippen LogP contribution >= 0.6 is 0 Å². The number of hydrogen-bond donors (Lipinski definition) is 0. The van der Waals surface area contributed by atoms with Crippen molar-refractivity contribution in [3.8, 4) is 0 Å². The second-order valence-corrected chi connectivity index (χ2v) is 4.16. The monoisotopic (exact) mass is 169 g/mol. The van der Waals surface area contributed by atoms with Gasteiger partial charge in [0, 0.05) is 19.2 Å². The average molecular weight is 169 g/mol. The summed E-state index contributed by atoms with van der Waals surface area (Å²) < 4.78 is 5.60. The molecule has 0 bridgehead atoms. The molecule has 0 radical (unpaired) electrons. The van der Waals surface area contributed by atoms with E-state index in [0.717, 1.165) is 19.2 Å². The van der Waals surface area contributed by atoms with Crippen LogP contribution in [0.4, 0.5) is 0 Å². The molecule has 2 aliphatic rings. The van der Waals surface area contributed by atoms with Gasteiger partial charge in [0.2, 0.25) is 0 Å². The van der Waals surface area contributed by atoms with Crippen LogP contribution in [0.15, 0.2) is 0 Å². The molecule has 70 valence electrons. The molecule has 1 aliphatic carbocycles. The zero-order valence-corrected chi connectivity index (χ0v) is 7.96. The average Bonchev–Trinajstić information content (AvgIpc) is 2.34. The molecular formula is C10H19NO. The van der Waals surface area contributed by atoms with Crippen molar-refractivity contribution in [2.24, 2.45) is 0 Å². The smallest absolute Gasteiger partial charge is 0.0702 e. The molecule has 0 unspecified atom stereocenters. The minimum Gasteiger partial charge on any atom is -0.377 e. The molecule has 1 saturated carbocycles. The van der Waals surface area contributed by atoms with E-state index in [1.807, 2.05) is 0 Å². The quantitative estimate of drug-likeness (QED) is 0.637. The summed E-state index contributed by atoms with van der Waals surface area (Å²) in [6, 6.07) is 0.870. The van der Waals surface area contributed by atoms with Crippen LogP contribution in [0.25, 0.3) is 0 Å². The highest BCUT2D eigenvalue weighted by Crippen LogP contribution is 2.24. The zero-order valence-electron chi connectivity index (χ0n) is 7.96. The number of rotatable bonds is 3. The molecule has 0 amide bonds. The summed E-state index contributed by atoms with van der Waals surface area (Å²) in [7, 11) is 2.24. The van der Waals surface area contributed by atoms with E-state index < -0.39 is 0 Å². The highest BCUT2D eigenvalue weighted by Gasteiger charge is 2.25. The Balaban J connectivity index is 1.69. The second kappa shape index (κ2) is 3.75. The number of nitrogens with zero attached hydrogens (tertiary/aromatic N) is 1. The van der Waals surface area contributed by atoms with E-state index in [9.17, 15) is 0 Å². The van der Waals surface area contributed by atoms with Gasteiger partial charge in [0.05, 0.1) is 6.10 Å². The van der Waals surface area contributed by atoms with Crippen molar-refractivity contribution in [3.05, 3.63) is 0 Å². The summed E-state index contributed by atoms with van der Waals surface area (Å²) in [6.07, 6.45) is 7.32. The SMILES string of the molecule is CN(C[C@@H]1CCCO1)C1CCC1. The fourth-order valence-corrected chi connectivity index (χ4v) is 2.09. The van der Waals surface area contributed by atoms with Crippen LogP contribution in [0, 0.1) is 0 Å². The number of ether oxygens (including phenoxy) is 1. The maximum Gasteiger partial charge on any atom is 0.0702 e. The first-order valence-corrected chi connectivity index (χ1v) is 5.18. The van der Waals surface area contributed by atoms with E-state index in [-0.39, 0.29) is 0 Å². The predicted octanol–water partition coefficient (Wildman–Crippen LogP) is 1.65. The molecule has 0 N–H and O–H groups in total. The standard InChI is InChI=1S/C10H19NO/c1-11(9-4-2-5-9)8-10-6-3-7-12-10/h9-10H,2-8H2,1H3/t10-/m0/s1. The van der Waals surface area contributed by atoms with Gasteiger partial charge in [0.15, 0.2) is 0 Å². The molecule has 12 heavy (non-hydrogen) atoms. The van der Waals surface area contributed by atoms with Crippen LogP contribution < -0.4 is 0 Å². The summed E-state index contributed by atoms with van der Waals surface area (Å²) in [5, 5.41) is 0. The Kier molecular flexibility index (Phi) is 2.66. The van der Waals surface area contributed by atoms with Gasteiger partial charge in [-0.3, -0.25) is 0 Å². The van der Waals surface area contributed by atoms with Crippen molar-refractivity contribution in [2.75, 3.05) is 20.2 Å². The molecule has 0 aromatic carbocycles. The fourth-order valence-electron chi connectivity index (χ4n) is 2.09. The van der Waals surface area contributed by atoms with Crippen LogP contribution in [0.5, 0.6) is 0 Å². The lowest BCUT2D eigenvalue weighted by atomic mass is 9.91. The normalized spacial score (nSPS) is 31.0. The van der Waals surface area contributed by atoms with Gasteiger partial charge in [-0.05, 0) is 32.7 Å². The summed E-state index contributed by atoms with van der Waals surface area (Å²) >= 11 is 0. The van der Waals surface area contributed by atoms with E-state index in [1.165, 1.54) is 32.1 Å². The number of hydrogen-bond acceptors (Lipinski definition) is 2. The van der Waals surface area contributed by atoms with Gasteiger partial charge in [-0.1, -0.05) is 6.42 Å². The number of likely N-dealkylation sites (N-methyl/N-ethyl adjacent to an activating group) is 1. The van der Waals surface area contributed by atoms with Crippen molar-refractivity contribution in [1.29, 1.82) is 0 Å². The van der Waals surface area contributed by atoms with Crippen LogP contribution in [-0.2, 0) is 4.74 Å². The van der Waals surface area contributed by atoms with E-state index in [4.69, 9.17) is 4.74 Å². The van der Waals surface area contributed by atoms with Gasteiger partial charge in [0.25, 0.3) is 0 Å². The Morgan fingerprint density at radius 3 is 2.58 bits per heavy atom. The summed E-state index contributed by atoms with van der Waals surface area (Å²) in [4.78, 5) is 2.49. The molecule has 1 atom stereocenters. The Morgan fingerprint density at radius 1 is 1.25 bits per heavy atom. The molecule has 1 saturated heterocycles. The first kappa shape index (κ1) is 8.52. The molecule has 1 heterocycles. The van der Waals surface area contributed by atoms with Crippen molar-refractivity contribution < 1.29 is 4.74 Å². The summed E-state index contributed by atoms with van der Waals surface area (Å²) in [6.45, 7) is 2.15. The molecule has 2 fully saturated rings. The molecular weight excluding hydrogens is 150 g/mol. The summed E-state index contributed by atoms with van der Waals surface area (Å²) in [5.74, 6) is 0. The molecule has 0 aromatic rings. The van der Waals surface area contributed by atoms with Crippen LogP contribution in [0.2, 0.25) is 0 Å². The van der Waals surface area contributed by atoms with Gasteiger partial charge in [0.1, 0.15) is 0 Å². The van der Waals surface area contributed by atoms with Crippen molar-refractivity contribution in [1.82, 2.24) is 4.90 Å². The molecule has 2 nitrogen and oxygen atoms in total. The lowest BCUT2D eigenvalue weighted by molar-refractivity contribution is 0.0523. The topological polar surface area (TPSA) is 12.5 Å². The minimum atomic E-state index is 0.538. The Bertz CT molecular complexity index is 139. The lowest BCUT2D eigenvalue weighted by Gasteiger charge is -2.35. The molecule has 2 rings (SSSR count). The van der Waals surface area contributed by atoms with Crippen molar-refractivity contribution in [3.63, 3.8) is 0 Å². The largest absolute Gasteiger partial charge is 0.377 e. The molecule has 0 aromatic heterocycles. The first-order valence-electron chi connectivity index (χ1n) is 5.18. The van der Waals surface area contributed by atoms with E-state index in [1.54, 1.807) is 0 Å². The summed E-state index contributed by atoms with van der Waals surface area (Å²) in [5.41, 5.74) is 0. The zero-order chi connectivity index (χ0) is 8.39.